The Labute approximate surface area is 132 Å². The van der Waals surface area contributed by atoms with Crippen LogP contribution in [-0.2, 0) is 4.79 Å². The molecule has 1 aromatic rings. The van der Waals surface area contributed by atoms with E-state index in [4.69, 9.17) is 0 Å². The summed E-state index contributed by atoms with van der Waals surface area (Å²) >= 11 is 1.84. The molecule has 1 atom stereocenters. The summed E-state index contributed by atoms with van der Waals surface area (Å²) < 4.78 is 0. The summed E-state index contributed by atoms with van der Waals surface area (Å²) in [7, 11) is 1.71. The molecule has 0 heterocycles. The molecule has 1 aromatic carbocycles. The van der Waals surface area contributed by atoms with Gasteiger partial charge in [0.25, 0.3) is 0 Å². The van der Waals surface area contributed by atoms with Gasteiger partial charge in [0.2, 0.25) is 0 Å². The Hall–Kier alpha value is -1.00. The summed E-state index contributed by atoms with van der Waals surface area (Å²) in [4.78, 5) is 12.4. The second-order valence-electron chi connectivity index (χ2n) is 5.92. The van der Waals surface area contributed by atoms with Gasteiger partial charge in [0, 0.05) is 4.90 Å². The molecule has 0 fully saturated rings. The quantitative estimate of drug-likeness (QED) is 0.532. The molecule has 0 aromatic heterocycles. The van der Waals surface area contributed by atoms with Gasteiger partial charge in [-0.05, 0) is 56.2 Å². The highest BCUT2D eigenvalue weighted by Gasteiger charge is 2.29. The number of likely N-dealkylation sites (N-methyl/N-ethyl adjacent to an activating group) is 1. The topological polar surface area (TPSA) is 49.3 Å². The fourth-order valence-electron chi connectivity index (χ4n) is 2.06. The van der Waals surface area contributed by atoms with E-state index in [1.165, 1.54) is 10.5 Å². The number of nitrogens with one attached hydrogen (secondary N) is 1. The smallest absolute Gasteiger partial charge is 0.323 e. The van der Waals surface area contributed by atoms with E-state index < -0.39 is 11.5 Å². The largest absolute Gasteiger partial charge is 0.480 e. The van der Waals surface area contributed by atoms with Crippen LogP contribution in [0, 0.1) is 0 Å². The maximum absolute atomic E-state index is 11.2. The summed E-state index contributed by atoms with van der Waals surface area (Å²) in [5.74, 6) is 0.821. The van der Waals surface area contributed by atoms with E-state index in [2.05, 4.69) is 43.4 Å². The SMILES string of the molecule is CNC(C)(CCCCSc1ccc(C(C)C)cc1)C(=O)O. The first-order valence-corrected chi connectivity index (χ1v) is 8.52. The average molecular weight is 309 g/mol. The Morgan fingerprint density at radius 1 is 1.29 bits per heavy atom. The number of benzene rings is 1. The predicted molar refractivity (Wildman–Crippen MR) is 90.2 cm³/mol. The minimum absolute atomic E-state index is 0.569. The Morgan fingerprint density at radius 3 is 2.38 bits per heavy atom. The third-order valence-electron chi connectivity index (χ3n) is 3.91. The zero-order chi connectivity index (χ0) is 15.9. The van der Waals surface area contributed by atoms with Crippen molar-refractivity contribution in [3.05, 3.63) is 29.8 Å². The first kappa shape index (κ1) is 18.1. The lowest BCUT2D eigenvalue weighted by Crippen LogP contribution is -2.47. The highest BCUT2D eigenvalue weighted by atomic mass is 32.2. The summed E-state index contributed by atoms with van der Waals surface area (Å²) in [6.45, 7) is 6.14. The fraction of sp³-hybridized carbons (Fsp3) is 0.588. The van der Waals surface area contributed by atoms with Crippen molar-refractivity contribution in [1.82, 2.24) is 5.32 Å². The van der Waals surface area contributed by atoms with Crippen LogP contribution in [0.25, 0.3) is 0 Å². The molecule has 118 valence electrons. The molecule has 4 heteroatoms. The van der Waals surface area contributed by atoms with Gasteiger partial charge in [-0.15, -0.1) is 11.8 Å². The number of thioether (sulfide) groups is 1. The molecule has 0 aliphatic carbocycles. The highest BCUT2D eigenvalue weighted by Crippen LogP contribution is 2.23. The van der Waals surface area contributed by atoms with Crippen molar-refractivity contribution in [2.45, 2.75) is 56.4 Å². The van der Waals surface area contributed by atoms with Gasteiger partial charge < -0.3 is 10.4 Å². The monoisotopic (exact) mass is 309 g/mol. The van der Waals surface area contributed by atoms with Crippen LogP contribution in [0.15, 0.2) is 29.2 Å². The number of carboxylic acid groups (broad SMARTS) is 1. The normalized spacial score (nSPS) is 14.1. The van der Waals surface area contributed by atoms with Gasteiger partial charge in [-0.3, -0.25) is 4.79 Å². The van der Waals surface area contributed by atoms with Crippen LogP contribution in [0.4, 0.5) is 0 Å². The third kappa shape index (κ3) is 5.71. The number of unbranched alkanes of at least 4 members (excludes halogenated alkanes) is 1. The minimum atomic E-state index is -0.802. The lowest BCUT2D eigenvalue weighted by molar-refractivity contribution is -0.144. The van der Waals surface area contributed by atoms with Crippen molar-refractivity contribution in [3.63, 3.8) is 0 Å². The third-order valence-corrected chi connectivity index (χ3v) is 5.01. The molecule has 0 saturated heterocycles. The lowest BCUT2D eigenvalue weighted by atomic mass is 9.95. The molecule has 3 nitrogen and oxygen atoms in total. The van der Waals surface area contributed by atoms with E-state index in [0.29, 0.717) is 12.3 Å². The summed E-state index contributed by atoms with van der Waals surface area (Å²) in [6, 6.07) is 8.73. The molecule has 21 heavy (non-hydrogen) atoms. The molecule has 0 saturated carbocycles. The Morgan fingerprint density at radius 2 is 1.90 bits per heavy atom. The summed E-state index contributed by atoms with van der Waals surface area (Å²) in [6.07, 6.45) is 2.60. The summed E-state index contributed by atoms with van der Waals surface area (Å²) in [5, 5.41) is 12.1. The van der Waals surface area contributed by atoms with E-state index in [1.54, 1.807) is 14.0 Å². The molecule has 2 N–H and O–H groups in total. The van der Waals surface area contributed by atoms with E-state index in [-0.39, 0.29) is 0 Å². The number of aliphatic carboxylic acids is 1. The minimum Gasteiger partial charge on any atom is -0.480 e. The number of carbonyl (C=O) groups is 1. The Kier molecular flexibility index (Phi) is 7.26. The van der Waals surface area contributed by atoms with E-state index in [1.807, 2.05) is 11.8 Å². The molecule has 0 bridgehead atoms. The Bertz CT molecular complexity index is 445. The Balaban J connectivity index is 2.30. The van der Waals surface area contributed by atoms with Gasteiger partial charge in [0.05, 0.1) is 0 Å². The van der Waals surface area contributed by atoms with Gasteiger partial charge in [-0.25, -0.2) is 0 Å². The number of carboxylic acids is 1. The van der Waals surface area contributed by atoms with Crippen molar-refractivity contribution in [2.75, 3.05) is 12.8 Å². The van der Waals surface area contributed by atoms with E-state index >= 15 is 0 Å². The molecule has 1 unspecified atom stereocenters. The number of hydrogen-bond acceptors (Lipinski definition) is 3. The van der Waals surface area contributed by atoms with Gasteiger partial charge >= 0.3 is 5.97 Å². The molecular formula is C17H27NO2S. The van der Waals surface area contributed by atoms with Crippen molar-refractivity contribution >= 4 is 17.7 Å². The van der Waals surface area contributed by atoms with Crippen LogP contribution in [-0.4, -0.2) is 29.4 Å². The standard InChI is InChI=1S/C17H27NO2S/c1-13(2)14-7-9-15(10-8-14)21-12-6-5-11-17(3,18-4)16(19)20/h7-10,13,18H,5-6,11-12H2,1-4H3,(H,19,20). The van der Waals surface area contributed by atoms with Crippen molar-refractivity contribution < 1.29 is 9.90 Å². The fourth-order valence-corrected chi connectivity index (χ4v) is 2.97. The molecule has 0 spiro atoms. The first-order valence-electron chi connectivity index (χ1n) is 7.54. The molecule has 1 rings (SSSR count). The van der Waals surface area contributed by atoms with Gasteiger partial charge in [-0.2, -0.15) is 0 Å². The first-order chi connectivity index (χ1) is 9.89. The molecular weight excluding hydrogens is 282 g/mol. The maximum atomic E-state index is 11.2. The zero-order valence-corrected chi connectivity index (χ0v) is 14.3. The van der Waals surface area contributed by atoms with Gasteiger partial charge in [0.1, 0.15) is 5.54 Å². The predicted octanol–water partition coefficient (Wildman–Crippen LogP) is 4.14. The molecule has 0 aliphatic heterocycles. The van der Waals surface area contributed by atoms with Crippen molar-refractivity contribution in [2.24, 2.45) is 0 Å². The van der Waals surface area contributed by atoms with E-state index in [9.17, 15) is 9.90 Å². The second-order valence-corrected chi connectivity index (χ2v) is 7.08. The van der Waals surface area contributed by atoms with Crippen LogP contribution < -0.4 is 5.32 Å². The highest BCUT2D eigenvalue weighted by molar-refractivity contribution is 7.99. The zero-order valence-electron chi connectivity index (χ0n) is 13.5. The number of hydrogen-bond donors (Lipinski definition) is 2. The molecule has 0 radical (unpaired) electrons. The van der Waals surface area contributed by atoms with Crippen LogP contribution in [0.2, 0.25) is 0 Å². The second kappa shape index (κ2) is 8.44. The number of rotatable bonds is 9. The van der Waals surface area contributed by atoms with Crippen LogP contribution in [0.3, 0.4) is 0 Å². The summed E-state index contributed by atoms with van der Waals surface area (Å²) in [5.41, 5.74) is 0.564. The molecule has 0 aliphatic rings. The maximum Gasteiger partial charge on any atom is 0.323 e. The van der Waals surface area contributed by atoms with Crippen LogP contribution in [0.1, 0.15) is 51.5 Å². The van der Waals surface area contributed by atoms with Gasteiger partial charge in [-0.1, -0.05) is 32.4 Å². The lowest BCUT2D eigenvalue weighted by Gasteiger charge is -2.23. The van der Waals surface area contributed by atoms with Crippen molar-refractivity contribution in [3.8, 4) is 0 Å². The van der Waals surface area contributed by atoms with Gasteiger partial charge in [0.15, 0.2) is 0 Å². The van der Waals surface area contributed by atoms with Crippen LogP contribution >= 0.6 is 11.8 Å². The van der Waals surface area contributed by atoms with E-state index in [0.717, 1.165) is 18.6 Å². The average Bonchev–Trinajstić information content (AvgIpc) is 2.46. The molecule has 0 amide bonds. The van der Waals surface area contributed by atoms with Crippen molar-refractivity contribution in [1.29, 1.82) is 0 Å². The van der Waals surface area contributed by atoms with Crippen LogP contribution in [0.5, 0.6) is 0 Å².